The first-order valence-corrected chi connectivity index (χ1v) is 3.07. The number of nitrogens with one attached hydrogen (secondary N) is 2. The number of nitrogens with two attached hydrogens (primary N) is 2. The zero-order valence-corrected chi connectivity index (χ0v) is 6.35. The van der Waals surface area contributed by atoms with E-state index in [1.54, 1.807) is 7.05 Å². The summed E-state index contributed by atoms with van der Waals surface area (Å²) in [5.74, 6) is -0.774. The molecule has 0 unspecified atom stereocenters. The normalized spacial score (nSPS) is 11.2. The molecule has 0 fully saturated rings. The van der Waals surface area contributed by atoms with E-state index < -0.39 is 5.91 Å². The van der Waals surface area contributed by atoms with Crippen molar-refractivity contribution in [1.29, 1.82) is 5.41 Å². The van der Waals surface area contributed by atoms with Crippen molar-refractivity contribution >= 4 is 11.6 Å². The topological polar surface area (TPSA) is 105 Å². The lowest BCUT2D eigenvalue weighted by molar-refractivity contribution is -0.111. The monoisotopic (exact) mass is 156 g/mol. The Bertz CT molecular complexity index is 197. The highest BCUT2D eigenvalue weighted by Crippen LogP contribution is 1.82. The van der Waals surface area contributed by atoms with Crippen LogP contribution in [0.1, 0.15) is 0 Å². The first-order chi connectivity index (χ1) is 5.07. The molecule has 11 heavy (non-hydrogen) atoms. The minimum Gasteiger partial charge on any atom is -0.401 e. The molecule has 0 radical (unpaired) electrons. The van der Waals surface area contributed by atoms with Crippen molar-refractivity contribution in [3.63, 3.8) is 0 Å². The number of hydrogen-bond donors (Lipinski definition) is 4. The molecule has 6 N–H and O–H groups in total. The van der Waals surface area contributed by atoms with Gasteiger partial charge < -0.3 is 16.8 Å². The smallest absolute Gasteiger partial charge is 0.266 e. The molecule has 0 saturated carbocycles. The Morgan fingerprint density at radius 2 is 2.18 bits per heavy atom. The summed E-state index contributed by atoms with van der Waals surface area (Å²) in [6, 6.07) is 0. The first kappa shape index (κ1) is 9.64. The molecule has 0 aliphatic carbocycles. The molecule has 0 bridgehead atoms. The van der Waals surface area contributed by atoms with Gasteiger partial charge in [0.2, 0.25) is 0 Å². The average molecular weight is 156 g/mol. The van der Waals surface area contributed by atoms with Gasteiger partial charge in [0.15, 0.2) is 0 Å². The van der Waals surface area contributed by atoms with E-state index in [4.69, 9.17) is 16.9 Å². The summed E-state index contributed by atoms with van der Waals surface area (Å²) in [4.78, 5) is 10.3. The molecular formula is C6H12N4O. The van der Waals surface area contributed by atoms with Gasteiger partial charge in [-0.25, -0.2) is 0 Å². The van der Waals surface area contributed by atoms with E-state index in [1.165, 1.54) is 6.08 Å². The van der Waals surface area contributed by atoms with Gasteiger partial charge in [-0.05, 0) is 13.1 Å². The lowest BCUT2D eigenvalue weighted by Crippen LogP contribution is -2.23. The van der Waals surface area contributed by atoms with Crippen LogP contribution in [-0.4, -0.2) is 25.2 Å². The summed E-state index contributed by atoms with van der Waals surface area (Å²) < 4.78 is 0. The maximum absolute atomic E-state index is 10.3. The van der Waals surface area contributed by atoms with Gasteiger partial charge in [0.1, 0.15) is 5.71 Å². The van der Waals surface area contributed by atoms with Gasteiger partial charge in [-0.15, -0.1) is 0 Å². The molecule has 0 rings (SSSR count). The van der Waals surface area contributed by atoms with Gasteiger partial charge in [-0.3, -0.25) is 10.2 Å². The Balaban J connectivity index is 4.08. The summed E-state index contributed by atoms with van der Waals surface area (Å²) in [6.07, 6.45) is 1.23. The fraction of sp³-hybridized carbons (Fsp3) is 0.333. The Morgan fingerprint density at radius 1 is 1.64 bits per heavy atom. The van der Waals surface area contributed by atoms with Crippen molar-refractivity contribution in [2.24, 2.45) is 11.5 Å². The molecule has 5 heteroatoms. The molecule has 1 amide bonds. The number of carbonyl (C=O) groups excluding carboxylic acids is 1. The molecule has 0 aromatic rings. The Morgan fingerprint density at radius 3 is 2.55 bits per heavy atom. The average Bonchev–Trinajstić information content (AvgIpc) is 1.87. The first-order valence-electron chi connectivity index (χ1n) is 3.07. The van der Waals surface area contributed by atoms with E-state index in [0.29, 0.717) is 12.2 Å². The van der Waals surface area contributed by atoms with Gasteiger partial charge in [-0.2, -0.15) is 0 Å². The van der Waals surface area contributed by atoms with Crippen molar-refractivity contribution in [2.45, 2.75) is 0 Å². The number of primary amides is 1. The molecule has 0 aromatic carbocycles. The summed E-state index contributed by atoms with van der Waals surface area (Å²) in [5, 5.41) is 9.76. The minimum absolute atomic E-state index is 0.280. The number of likely N-dealkylation sites (N-methyl/N-ethyl adjacent to an activating group) is 1. The summed E-state index contributed by atoms with van der Waals surface area (Å²) in [7, 11) is 1.72. The van der Waals surface area contributed by atoms with Crippen LogP contribution in [-0.2, 0) is 4.79 Å². The van der Waals surface area contributed by atoms with Crippen molar-refractivity contribution in [1.82, 2.24) is 5.32 Å². The van der Waals surface area contributed by atoms with E-state index >= 15 is 0 Å². The predicted molar refractivity (Wildman–Crippen MR) is 43.1 cm³/mol. The van der Waals surface area contributed by atoms with Crippen molar-refractivity contribution < 1.29 is 4.79 Å². The summed E-state index contributed by atoms with van der Waals surface area (Å²) in [6.45, 7) is 0.440. The van der Waals surface area contributed by atoms with Crippen LogP contribution in [0.4, 0.5) is 0 Å². The second-order valence-electron chi connectivity index (χ2n) is 2.03. The second kappa shape index (κ2) is 4.45. The van der Waals surface area contributed by atoms with Gasteiger partial charge in [0.05, 0.1) is 0 Å². The number of hydrogen-bond acceptors (Lipinski definition) is 4. The minimum atomic E-state index is -0.774. The van der Waals surface area contributed by atoms with Crippen LogP contribution in [0.15, 0.2) is 11.8 Å². The lowest BCUT2D eigenvalue weighted by atomic mass is 10.3. The Hall–Kier alpha value is -1.36. The number of carbonyl (C=O) groups is 1. The van der Waals surface area contributed by atoms with E-state index in [-0.39, 0.29) is 5.71 Å². The van der Waals surface area contributed by atoms with Crippen molar-refractivity contribution in [3.8, 4) is 0 Å². The third kappa shape index (κ3) is 4.10. The fourth-order valence-corrected chi connectivity index (χ4v) is 0.512. The zero-order valence-electron chi connectivity index (χ0n) is 6.35. The molecule has 0 saturated heterocycles. The molecule has 0 spiro atoms. The molecule has 0 aromatic heterocycles. The van der Waals surface area contributed by atoms with Crippen LogP contribution in [0.25, 0.3) is 0 Å². The fourth-order valence-electron chi connectivity index (χ4n) is 0.512. The number of amides is 1. The number of rotatable bonds is 4. The van der Waals surface area contributed by atoms with Crippen LogP contribution in [0.3, 0.4) is 0 Å². The maximum Gasteiger partial charge on any atom is 0.266 e. The molecule has 0 aliphatic rings. The van der Waals surface area contributed by atoms with Gasteiger partial charge >= 0.3 is 0 Å². The van der Waals surface area contributed by atoms with Crippen LogP contribution in [0.5, 0.6) is 0 Å². The molecular weight excluding hydrogens is 144 g/mol. The van der Waals surface area contributed by atoms with E-state index in [1.807, 2.05) is 0 Å². The second-order valence-corrected chi connectivity index (χ2v) is 2.03. The van der Waals surface area contributed by atoms with Crippen LogP contribution < -0.4 is 16.8 Å². The van der Waals surface area contributed by atoms with E-state index in [2.05, 4.69) is 5.32 Å². The third-order valence-corrected chi connectivity index (χ3v) is 0.976. The van der Waals surface area contributed by atoms with Crippen LogP contribution >= 0.6 is 0 Å². The van der Waals surface area contributed by atoms with E-state index in [9.17, 15) is 4.79 Å². The summed E-state index contributed by atoms with van der Waals surface area (Å²) in [5.41, 5.74) is 10.3. The molecule has 0 aliphatic heterocycles. The van der Waals surface area contributed by atoms with Gasteiger partial charge in [-0.1, -0.05) is 0 Å². The van der Waals surface area contributed by atoms with Gasteiger partial charge in [0.25, 0.3) is 5.91 Å². The maximum atomic E-state index is 10.3. The Kier molecular flexibility index (Phi) is 3.90. The molecule has 0 atom stereocenters. The highest BCUT2D eigenvalue weighted by Gasteiger charge is 1.99. The van der Waals surface area contributed by atoms with Crippen LogP contribution in [0.2, 0.25) is 0 Å². The van der Waals surface area contributed by atoms with Crippen molar-refractivity contribution in [2.75, 3.05) is 13.6 Å². The SMILES string of the molecule is CNCC(N)=CC(=N)C(N)=O. The molecule has 0 heterocycles. The van der Waals surface area contributed by atoms with Crippen molar-refractivity contribution in [3.05, 3.63) is 11.8 Å². The summed E-state index contributed by atoms with van der Waals surface area (Å²) >= 11 is 0. The quantitative estimate of drug-likeness (QED) is 0.374. The van der Waals surface area contributed by atoms with Gasteiger partial charge in [0, 0.05) is 12.2 Å². The highest BCUT2D eigenvalue weighted by molar-refractivity contribution is 6.41. The molecule has 5 nitrogen and oxygen atoms in total. The lowest BCUT2D eigenvalue weighted by Gasteiger charge is -1.98. The molecule has 62 valence electrons. The van der Waals surface area contributed by atoms with E-state index in [0.717, 1.165) is 0 Å². The third-order valence-electron chi connectivity index (χ3n) is 0.976. The highest BCUT2D eigenvalue weighted by atomic mass is 16.1. The Labute approximate surface area is 65.0 Å². The standard InChI is InChI=1S/C6H12N4O/c1-10-3-4(7)2-5(8)6(9)11/h2,8,10H,3,7H2,1H3,(H2,9,11). The predicted octanol–water partition coefficient (Wildman–Crippen LogP) is -1.45. The van der Waals surface area contributed by atoms with Crippen LogP contribution in [0, 0.1) is 5.41 Å². The zero-order chi connectivity index (χ0) is 8.85. The largest absolute Gasteiger partial charge is 0.401 e.